The number of aryl methyl sites for hydroxylation is 1. The Hall–Kier alpha value is -2.30. The summed E-state index contributed by atoms with van der Waals surface area (Å²) in [6, 6.07) is 7.39. The summed E-state index contributed by atoms with van der Waals surface area (Å²) in [5.74, 6) is 6.01. The molecule has 80 valence electrons. The number of para-hydroxylation sites is 1. The first-order valence-corrected chi connectivity index (χ1v) is 4.84. The van der Waals surface area contributed by atoms with E-state index in [4.69, 9.17) is 10.3 Å². The Morgan fingerprint density at radius 3 is 2.94 bits per heavy atom. The van der Waals surface area contributed by atoms with E-state index in [-0.39, 0.29) is 11.1 Å². The van der Waals surface area contributed by atoms with Crippen LogP contribution in [-0.4, -0.2) is 9.66 Å². The number of hydrogen-bond acceptors (Lipinski definition) is 4. The predicted octanol–water partition coefficient (Wildman–Crippen LogP) is 1.16. The second-order valence-electron chi connectivity index (χ2n) is 3.61. The Morgan fingerprint density at radius 1 is 1.38 bits per heavy atom. The second kappa shape index (κ2) is 2.85. The molecule has 0 saturated carbocycles. The van der Waals surface area contributed by atoms with E-state index in [1.165, 1.54) is 0 Å². The molecule has 2 aromatic heterocycles. The fraction of sp³-hybridized carbons (Fsp3) is 0.0909. The van der Waals surface area contributed by atoms with E-state index in [1.807, 2.05) is 18.2 Å². The van der Waals surface area contributed by atoms with Gasteiger partial charge in [0.25, 0.3) is 0 Å². The Labute approximate surface area is 90.1 Å². The van der Waals surface area contributed by atoms with Gasteiger partial charge in [0, 0.05) is 5.39 Å². The van der Waals surface area contributed by atoms with Crippen molar-refractivity contribution in [1.29, 1.82) is 0 Å². The number of fused-ring (bicyclic) bond motifs is 3. The number of rotatable bonds is 0. The average Bonchev–Trinajstić information content (AvgIpc) is 2.65. The first-order chi connectivity index (χ1) is 7.68. The summed E-state index contributed by atoms with van der Waals surface area (Å²) in [5, 5.41) is 0.832. The minimum atomic E-state index is -0.362. The summed E-state index contributed by atoms with van der Waals surface area (Å²) in [5.41, 5.74) is 1.06. The molecule has 2 N–H and O–H groups in total. The molecule has 16 heavy (non-hydrogen) atoms. The van der Waals surface area contributed by atoms with Gasteiger partial charge in [-0.05, 0) is 19.1 Å². The van der Waals surface area contributed by atoms with Gasteiger partial charge in [0.05, 0.1) is 0 Å². The van der Waals surface area contributed by atoms with Crippen LogP contribution in [0.1, 0.15) is 5.82 Å². The number of furan rings is 1. The normalized spacial score (nSPS) is 11.3. The van der Waals surface area contributed by atoms with E-state index in [2.05, 4.69) is 4.98 Å². The summed E-state index contributed by atoms with van der Waals surface area (Å²) in [7, 11) is 0. The molecule has 0 aliphatic heterocycles. The smallest absolute Gasteiger partial charge is 0.315 e. The van der Waals surface area contributed by atoms with E-state index < -0.39 is 0 Å². The van der Waals surface area contributed by atoms with Crippen LogP contribution in [0.15, 0.2) is 33.5 Å². The molecule has 5 heteroatoms. The molecule has 5 nitrogen and oxygen atoms in total. The van der Waals surface area contributed by atoms with Gasteiger partial charge in [-0.2, -0.15) is 0 Å². The van der Waals surface area contributed by atoms with E-state index in [0.717, 1.165) is 10.1 Å². The lowest BCUT2D eigenvalue weighted by molar-refractivity contribution is 0.652. The molecule has 0 atom stereocenters. The third-order valence-corrected chi connectivity index (χ3v) is 2.60. The van der Waals surface area contributed by atoms with Crippen LogP contribution in [-0.2, 0) is 0 Å². The molecule has 0 saturated heterocycles. The van der Waals surface area contributed by atoms with Gasteiger partial charge in [0.2, 0.25) is 5.58 Å². The summed E-state index contributed by atoms with van der Waals surface area (Å²) in [6.45, 7) is 1.68. The highest BCUT2D eigenvalue weighted by Gasteiger charge is 2.13. The summed E-state index contributed by atoms with van der Waals surface area (Å²) >= 11 is 0. The number of nitrogen functional groups attached to an aromatic ring is 1. The van der Waals surface area contributed by atoms with Crippen molar-refractivity contribution in [3.63, 3.8) is 0 Å². The molecular weight excluding hydrogens is 206 g/mol. The van der Waals surface area contributed by atoms with Gasteiger partial charge < -0.3 is 10.3 Å². The molecule has 3 rings (SSSR count). The van der Waals surface area contributed by atoms with Crippen molar-refractivity contribution in [2.24, 2.45) is 0 Å². The molecule has 0 spiro atoms. The zero-order chi connectivity index (χ0) is 11.3. The van der Waals surface area contributed by atoms with Gasteiger partial charge in [-0.3, -0.25) is 4.79 Å². The average molecular weight is 215 g/mol. The van der Waals surface area contributed by atoms with Crippen molar-refractivity contribution in [2.75, 3.05) is 5.84 Å². The van der Waals surface area contributed by atoms with Crippen LogP contribution < -0.4 is 11.4 Å². The van der Waals surface area contributed by atoms with Crippen molar-refractivity contribution in [3.05, 3.63) is 40.4 Å². The first kappa shape index (κ1) is 8.96. The third kappa shape index (κ3) is 0.995. The number of aromatic nitrogens is 2. The van der Waals surface area contributed by atoms with Gasteiger partial charge >= 0.3 is 5.56 Å². The molecule has 0 unspecified atom stereocenters. The minimum Gasteiger partial charge on any atom is -0.448 e. The van der Waals surface area contributed by atoms with Crippen LogP contribution in [0, 0.1) is 6.92 Å². The van der Waals surface area contributed by atoms with Crippen LogP contribution in [0.4, 0.5) is 0 Å². The maximum Gasteiger partial charge on any atom is 0.315 e. The van der Waals surface area contributed by atoms with Crippen LogP contribution in [0.5, 0.6) is 0 Å². The largest absolute Gasteiger partial charge is 0.448 e. The van der Waals surface area contributed by atoms with Gasteiger partial charge in [-0.1, -0.05) is 12.1 Å². The maximum atomic E-state index is 11.8. The second-order valence-corrected chi connectivity index (χ2v) is 3.61. The maximum absolute atomic E-state index is 11.8. The molecule has 0 amide bonds. The minimum absolute atomic E-state index is 0.203. The summed E-state index contributed by atoms with van der Waals surface area (Å²) in [6.07, 6.45) is 0. The van der Waals surface area contributed by atoms with Crippen molar-refractivity contribution in [1.82, 2.24) is 9.66 Å². The van der Waals surface area contributed by atoms with Crippen molar-refractivity contribution in [2.45, 2.75) is 6.92 Å². The standard InChI is InChI=1S/C11H9N3O2/c1-6-13-9-7-4-2-3-5-8(7)16-10(9)11(15)14(6)12/h2-5H,12H2,1H3. The zero-order valence-corrected chi connectivity index (χ0v) is 8.60. The van der Waals surface area contributed by atoms with Crippen LogP contribution >= 0.6 is 0 Å². The lowest BCUT2D eigenvalue weighted by atomic mass is 10.2. The Kier molecular flexibility index (Phi) is 1.60. The molecule has 0 aliphatic carbocycles. The Balaban J connectivity index is 2.66. The molecule has 1 aromatic carbocycles. The van der Waals surface area contributed by atoms with Crippen LogP contribution in [0.2, 0.25) is 0 Å². The number of benzene rings is 1. The van der Waals surface area contributed by atoms with Gasteiger partial charge in [0.15, 0.2) is 0 Å². The van der Waals surface area contributed by atoms with Crippen LogP contribution in [0.25, 0.3) is 22.1 Å². The van der Waals surface area contributed by atoms with Gasteiger partial charge in [-0.15, -0.1) is 0 Å². The molecule has 2 heterocycles. The predicted molar refractivity (Wildman–Crippen MR) is 60.7 cm³/mol. The van der Waals surface area contributed by atoms with E-state index in [9.17, 15) is 4.79 Å². The Bertz CT molecular complexity index is 755. The molecule has 0 aliphatic rings. The van der Waals surface area contributed by atoms with E-state index in [1.54, 1.807) is 13.0 Å². The van der Waals surface area contributed by atoms with E-state index in [0.29, 0.717) is 16.9 Å². The third-order valence-electron chi connectivity index (χ3n) is 2.60. The van der Waals surface area contributed by atoms with Gasteiger partial charge in [0.1, 0.15) is 16.9 Å². The highest BCUT2D eigenvalue weighted by Crippen LogP contribution is 2.24. The fourth-order valence-corrected chi connectivity index (χ4v) is 1.76. The summed E-state index contributed by atoms with van der Waals surface area (Å²) in [4.78, 5) is 16.1. The first-order valence-electron chi connectivity index (χ1n) is 4.84. The topological polar surface area (TPSA) is 74.0 Å². The van der Waals surface area contributed by atoms with Crippen molar-refractivity contribution in [3.8, 4) is 0 Å². The van der Waals surface area contributed by atoms with Crippen LogP contribution in [0.3, 0.4) is 0 Å². The number of nitrogens with zero attached hydrogens (tertiary/aromatic N) is 2. The molecule has 0 radical (unpaired) electrons. The number of nitrogens with two attached hydrogens (primary N) is 1. The highest BCUT2D eigenvalue weighted by atomic mass is 16.3. The number of hydrogen-bond donors (Lipinski definition) is 1. The van der Waals surface area contributed by atoms with Crippen molar-refractivity contribution >= 4 is 22.1 Å². The van der Waals surface area contributed by atoms with Gasteiger partial charge in [-0.25, -0.2) is 9.66 Å². The quantitative estimate of drug-likeness (QED) is 0.571. The highest BCUT2D eigenvalue weighted by molar-refractivity contribution is 6.01. The lowest BCUT2D eigenvalue weighted by Crippen LogP contribution is -2.29. The summed E-state index contributed by atoms with van der Waals surface area (Å²) < 4.78 is 6.43. The Morgan fingerprint density at radius 2 is 2.12 bits per heavy atom. The van der Waals surface area contributed by atoms with E-state index >= 15 is 0 Å². The monoisotopic (exact) mass is 215 g/mol. The lowest BCUT2D eigenvalue weighted by Gasteiger charge is -2.00. The fourth-order valence-electron chi connectivity index (χ4n) is 1.76. The van der Waals surface area contributed by atoms with Crippen molar-refractivity contribution < 1.29 is 4.42 Å². The molecular formula is C11H9N3O2. The zero-order valence-electron chi connectivity index (χ0n) is 8.60. The molecule has 3 aromatic rings. The SMILES string of the molecule is Cc1nc2c(oc3ccccc32)c(=O)n1N. The molecule has 0 fully saturated rings. The molecule has 0 bridgehead atoms.